The Balaban J connectivity index is 2.12. The Morgan fingerprint density at radius 1 is 1.30 bits per heavy atom. The summed E-state index contributed by atoms with van der Waals surface area (Å²) in [6.45, 7) is 6.38. The second kappa shape index (κ2) is 5.31. The highest BCUT2D eigenvalue weighted by Gasteiger charge is 2.25. The summed E-state index contributed by atoms with van der Waals surface area (Å²) in [5, 5.41) is 9.77. The van der Waals surface area contributed by atoms with Crippen LogP contribution < -0.4 is 0 Å². The normalized spacial score (nSPS) is 15.5. The third-order valence-corrected chi connectivity index (χ3v) is 3.27. The van der Waals surface area contributed by atoms with Gasteiger partial charge in [-0.1, -0.05) is 6.07 Å². The summed E-state index contributed by atoms with van der Waals surface area (Å²) in [6.07, 6.45) is 0.644. The van der Waals surface area contributed by atoms with E-state index in [4.69, 9.17) is 4.74 Å². The van der Waals surface area contributed by atoms with Crippen LogP contribution in [-0.2, 0) is 17.6 Å². The summed E-state index contributed by atoms with van der Waals surface area (Å²) in [5.74, 6) is -0.914. The lowest BCUT2D eigenvalue weighted by molar-refractivity contribution is 0.0258. The van der Waals surface area contributed by atoms with Gasteiger partial charge in [0.2, 0.25) is 0 Å². The van der Waals surface area contributed by atoms with Crippen LogP contribution in [0.15, 0.2) is 12.1 Å². The lowest BCUT2D eigenvalue weighted by atomic mass is 10.0. The van der Waals surface area contributed by atoms with Crippen LogP contribution in [0.1, 0.15) is 31.9 Å². The SMILES string of the molecule is CC(C)(C)OC(=O)N1CCc2ccc(F)c(O)c2CC1. The van der Waals surface area contributed by atoms with E-state index in [2.05, 4.69) is 0 Å². The molecule has 1 aliphatic heterocycles. The summed E-state index contributed by atoms with van der Waals surface area (Å²) in [4.78, 5) is 13.6. The molecule has 20 heavy (non-hydrogen) atoms. The second-order valence-electron chi connectivity index (χ2n) is 6.00. The third kappa shape index (κ3) is 3.21. The molecule has 4 nitrogen and oxygen atoms in total. The van der Waals surface area contributed by atoms with Crippen LogP contribution in [0.2, 0.25) is 0 Å². The largest absolute Gasteiger partial charge is 0.505 e. The van der Waals surface area contributed by atoms with E-state index in [9.17, 15) is 14.3 Å². The van der Waals surface area contributed by atoms with Crippen LogP contribution in [0, 0.1) is 5.82 Å². The number of aromatic hydroxyl groups is 1. The number of carbonyl (C=O) groups is 1. The molecule has 0 bridgehead atoms. The molecule has 0 aliphatic carbocycles. The van der Waals surface area contributed by atoms with Crippen molar-refractivity contribution >= 4 is 6.09 Å². The van der Waals surface area contributed by atoms with E-state index >= 15 is 0 Å². The first kappa shape index (κ1) is 14.6. The van der Waals surface area contributed by atoms with Crippen LogP contribution in [-0.4, -0.2) is 34.8 Å². The fourth-order valence-electron chi connectivity index (χ4n) is 2.29. The first-order chi connectivity index (χ1) is 9.28. The standard InChI is InChI=1S/C15H20FNO3/c1-15(2,3)20-14(19)17-8-6-10-4-5-12(16)13(18)11(10)7-9-17/h4-5,18H,6-9H2,1-3H3. The van der Waals surface area contributed by atoms with E-state index in [0.717, 1.165) is 5.56 Å². The Morgan fingerprint density at radius 2 is 1.95 bits per heavy atom. The molecule has 110 valence electrons. The summed E-state index contributed by atoms with van der Waals surface area (Å²) < 4.78 is 18.7. The fourth-order valence-corrected chi connectivity index (χ4v) is 2.29. The molecule has 0 spiro atoms. The van der Waals surface area contributed by atoms with Gasteiger partial charge >= 0.3 is 6.09 Å². The molecule has 2 rings (SSSR count). The minimum absolute atomic E-state index is 0.298. The maximum Gasteiger partial charge on any atom is 0.410 e. The Morgan fingerprint density at radius 3 is 2.60 bits per heavy atom. The van der Waals surface area contributed by atoms with Crippen molar-refractivity contribution in [1.29, 1.82) is 0 Å². The molecule has 0 saturated carbocycles. The van der Waals surface area contributed by atoms with Crippen molar-refractivity contribution in [3.8, 4) is 5.75 Å². The first-order valence-electron chi connectivity index (χ1n) is 6.75. The molecule has 0 atom stereocenters. The van der Waals surface area contributed by atoms with Gasteiger partial charge in [0.25, 0.3) is 0 Å². The van der Waals surface area contributed by atoms with Gasteiger partial charge in [0, 0.05) is 18.7 Å². The van der Waals surface area contributed by atoms with E-state index in [1.54, 1.807) is 11.0 Å². The monoisotopic (exact) mass is 281 g/mol. The summed E-state index contributed by atoms with van der Waals surface area (Å²) in [7, 11) is 0. The Labute approximate surface area is 118 Å². The molecule has 1 aromatic carbocycles. The average molecular weight is 281 g/mol. The summed E-state index contributed by atoms with van der Waals surface area (Å²) >= 11 is 0. The van der Waals surface area contributed by atoms with Crippen molar-refractivity contribution in [3.63, 3.8) is 0 Å². The quantitative estimate of drug-likeness (QED) is 0.795. The highest BCUT2D eigenvalue weighted by molar-refractivity contribution is 5.68. The van der Waals surface area contributed by atoms with Crippen molar-refractivity contribution in [3.05, 3.63) is 29.1 Å². The van der Waals surface area contributed by atoms with Crippen molar-refractivity contribution in [1.82, 2.24) is 4.90 Å². The van der Waals surface area contributed by atoms with Crippen molar-refractivity contribution in [2.45, 2.75) is 39.2 Å². The molecule has 0 saturated heterocycles. The summed E-state index contributed by atoms with van der Waals surface area (Å²) in [5.41, 5.74) is 0.941. The zero-order valence-corrected chi connectivity index (χ0v) is 12.1. The predicted molar refractivity (Wildman–Crippen MR) is 73.3 cm³/mol. The molecular formula is C15H20FNO3. The van der Waals surface area contributed by atoms with Crippen LogP contribution in [0.4, 0.5) is 9.18 Å². The zero-order chi connectivity index (χ0) is 14.9. The van der Waals surface area contributed by atoms with Gasteiger partial charge in [0.05, 0.1) is 0 Å². The highest BCUT2D eigenvalue weighted by atomic mass is 19.1. The van der Waals surface area contributed by atoms with Gasteiger partial charge in [-0.25, -0.2) is 9.18 Å². The van der Waals surface area contributed by atoms with Gasteiger partial charge in [0.1, 0.15) is 5.60 Å². The molecule has 0 radical (unpaired) electrons. The van der Waals surface area contributed by atoms with Crippen LogP contribution in [0.25, 0.3) is 0 Å². The van der Waals surface area contributed by atoms with Gasteiger partial charge in [0.15, 0.2) is 11.6 Å². The van der Waals surface area contributed by atoms with E-state index in [1.165, 1.54) is 6.07 Å². The van der Waals surface area contributed by atoms with Gasteiger partial charge in [-0.3, -0.25) is 0 Å². The average Bonchev–Trinajstić information content (AvgIpc) is 2.54. The number of rotatable bonds is 0. The first-order valence-corrected chi connectivity index (χ1v) is 6.75. The fraction of sp³-hybridized carbons (Fsp3) is 0.533. The number of benzene rings is 1. The number of hydrogen-bond donors (Lipinski definition) is 1. The molecule has 0 unspecified atom stereocenters. The number of ether oxygens (including phenoxy) is 1. The lowest BCUT2D eigenvalue weighted by Gasteiger charge is -2.26. The lowest BCUT2D eigenvalue weighted by Crippen LogP contribution is -2.38. The van der Waals surface area contributed by atoms with Crippen molar-refractivity contribution in [2.24, 2.45) is 0 Å². The number of phenols is 1. The number of phenolic OH excluding ortho intramolecular Hbond substituents is 1. The maximum absolute atomic E-state index is 13.4. The molecule has 1 N–H and O–H groups in total. The number of carbonyl (C=O) groups excluding carboxylic acids is 1. The molecular weight excluding hydrogens is 261 g/mol. The number of nitrogens with zero attached hydrogens (tertiary/aromatic N) is 1. The smallest absolute Gasteiger partial charge is 0.410 e. The second-order valence-corrected chi connectivity index (χ2v) is 6.00. The molecule has 1 aliphatic rings. The van der Waals surface area contributed by atoms with E-state index in [1.807, 2.05) is 20.8 Å². The minimum Gasteiger partial charge on any atom is -0.505 e. The molecule has 1 heterocycles. The van der Waals surface area contributed by atoms with Gasteiger partial charge in [-0.05, 0) is 45.2 Å². The van der Waals surface area contributed by atoms with Gasteiger partial charge < -0.3 is 14.7 Å². The number of amides is 1. The van der Waals surface area contributed by atoms with Crippen LogP contribution in [0.5, 0.6) is 5.75 Å². The molecule has 5 heteroatoms. The van der Waals surface area contributed by atoms with Gasteiger partial charge in [-0.15, -0.1) is 0 Å². The molecule has 1 amide bonds. The molecule has 0 fully saturated rings. The minimum atomic E-state index is -0.616. The zero-order valence-electron chi connectivity index (χ0n) is 12.1. The number of fused-ring (bicyclic) bond motifs is 1. The number of halogens is 1. The third-order valence-electron chi connectivity index (χ3n) is 3.27. The Kier molecular flexibility index (Phi) is 3.88. The highest BCUT2D eigenvalue weighted by Crippen LogP contribution is 2.28. The topological polar surface area (TPSA) is 49.8 Å². The predicted octanol–water partition coefficient (Wildman–Crippen LogP) is 2.87. The molecule has 0 aromatic heterocycles. The summed E-state index contributed by atoms with van der Waals surface area (Å²) in [6, 6.07) is 2.93. The van der Waals surface area contributed by atoms with Crippen molar-refractivity contribution in [2.75, 3.05) is 13.1 Å². The number of hydrogen-bond acceptors (Lipinski definition) is 3. The van der Waals surface area contributed by atoms with Crippen molar-refractivity contribution < 1.29 is 19.0 Å². The van der Waals surface area contributed by atoms with Gasteiger partial charge in [-0.2, -0.15) is 0 Å². The Hall–Kier alpha value is -1.78. The van der Waals surface area contributed by atoms with E-state index in [-0.39, 0.29) is 11.8 Å². The van der Waals surface area contributed by atoms with E-state index in [0.29, 0.717) is 31.5 Å². The molecule has 1 aromatic rings. The Bertz CT molecular complexity index is 523. The van der Waals surface area contributed by atoms with Crippen LogP contribution >= 0.6 is 0 Å². The maximum atomic E-state index is 13.4. The van der Waals surface area contributed by atoms with E-state index < -0.39 is 11.4 Å². The van der Waals surface area contributed by atoms with Crippen LogP contribution in [0.3, 0.4) is 0 Å².